The molecule has 268 valence electrons. The number of esters is 1. The molecule has 7 rings (SSSR count). The Morgan fingerprint density at radius 3 is 2.56 bits per heavy atom. The van der Waals surface area contributed by atoms with E-state index in [4.69, 9.17) is 13.9 Å². The Morgan fingerprint density at radius 2 is 1.76 bits per heavy atom. The van der Waals surface area contributed by atoms with Crippen LogP contribution in [0.2, 0.25) is 0 Å². The molecule has 3 aromatic rings. The van der Waals surface area contributed by atoms with E-state index in [2.05, 4.69) is 40.7 Å². The minimum Gasteiger partial charge on any atom is -0.482 e. The van der Waals surface area contributed by atoms with E-state index in [1.165, 1.54) is 69.4 Å². The lowest BCUT2D eigenvalue weighted by Gasteiger charge is -2.61. The smallest absolute Gasteiger partial charge is 0.344 e. The highest BCUT2D eigenvalue weighted by Gasteiger charge is 2.56. The van der Waals surface area contributed by atoms with Gasteiger partial charge in [-0.25, -0.2) is 9.59 Å². The number of carbonyl (C=O) groups is 1. The summed E-state index contributed by atoms with van der Waals surface area (Å²) in [5, 5.41) is 0.816. The van der Waals surface area contributed by atoms with Gasteiger partial charge in [-0.3, -0.25) is 0 Å². The van der Waals surface area contributed by atoms with E-state index in [9.17, 15) is 9.59 Å². The van der Waals surface area contributed by atoms with Crippen molar-refractivity contribution in [1.82, 2.24) is 0 Å². The molecule has 0 spiro atoms. The van der Waals surface area contributed by atoms with Crippen molar-refractivity contribution in [3.63, 3.8) is 0 Å². The van der Waals surface area contributed by atoms with Crippen LogP contribution < -0.4 is 10.4 Å². The van der Waals surface area contributed by atoms with E-state index in [0.29, 0.717) is 16.7 Å². The first-order valence-corrected chi connectivity index (χ1v) is 19.7. The van der Waals surface area contributed by atoms with E-state index in [-0.39, 0.29) is 24.1 Å². The van der Waals surface area contributed by atoms with Gasteiger partial charge in [0.2, 0.25) is 0 Å². The van der Waals surface area contributed by atoms with Crippen LogP contribution in [0.25, 0.3) is 22.1 Å². The van der Waals surface area contributed by atoms with Crippen LogP contribution in [-0.4, -0.2) is 18.7 Å². The number of allylic oxidation sites excluding steroid dienone is 1. The minimum atomic E-state index is -0.423. The summed E-state index contributed by atoms with van der Waals surface area (Å²) in [4.78, 5) is 25.4. The molecular formula is C45H58O5. The first kappa shape index (κ1) is 35.1. The number of carbonyl (C=O) groups excluding carboxylic acids is 1. The van der Waals surface area contributed by atoms with Crippen LogP contribution in [-0.2, 0) is 9.53 Å². The highest BCUT2D eigenvalue weighted by molar-refractivity contribution is 5.93. The third kappa shape index (κ3) is 7.08. The molecule has 4 aliphatic carbocycles. The summed E-state index contributed by atoms with van der Waals surface area (Å²) in [5.41, 5.74) is 3.99. The molecule has 0 unspecified atom stereocenters. The normalized spacial score (nSPS) is 31.2. The topological polar surface area (TPSA) is 65.7 Å². The number of hydrogen-bond donors (Lipinski definition) is 0. The lowest BCUT2D eigenvalue weighted by atomic mass is 9.44. The quantitative estimate of drug-likeness (QED) is 0.121. The number of fused-ring (bicyclic) bond motifs is 6. The standard InChI is InChI=1S/C45H58O5/c1-29(2)10-9-11-30(3)32-14-19-39-37-17-15-33-24-35(20-23-45(33,5)40(37)21-22-44(39,4)27-32)49-43(47)28-48-34-16-18-36-38(31-12-7-6-8-13-31)26-42(46)50-41(36)25-34/h6-8,12-13,15-16,18,25-26,29-30,32,35,37,39-40H,9-11,14,17,19-24,27-28H2,1-5H3/t30-,32+,35-,37+,39-,40-,44-,45+/m1/s1. The first-order chi connectivity index (χ1) is 24.0. The Morgan fingerprint density at radius 1 is 0.940 bits per heavy atom. The fourth-order valence-corrected chi connectivity index (χ4v) is 11.1. The van der Waals surface area contributed by atoms with Crippen LogP contribution >= 0.6 is 0 Å². The molecule has 8 atom stereocenters. The highest BCUT2D eigenvalue weighted by Crippen LogP contribution is 2.65. The molecule has 50 heavy (non-hydrogen) atoms. The average molecular weight is 679 g/mol. The van der Waals surface area contributed by atoms with Gasteiger partial charge in [0, 0.05) is 23.9 Å². The molecular weight excluding hydrogens is 620 g/mol. The first-order valence-electron chi connectivity index (χ1n) is 19.7. The van der Waals surface area contributed by atoms with Gasteiger partial charge in [-0.15, -0.1) is 0 Å². The number of hydrogen-bond acceptors (Lipinski definition) is 5. The average Bonchev–Trinajstić information content (AvgIpc) is 3.09. The predicted octanol–water partition coefficient (Wildman–Crippen LogP) is 11.2. The van der Waals surface area contributed by atoms with Crippen molar-refractivity contribution in [2.24, 2.45) is 46.3 Å². The minimum absolute atomic E-state index is 0.105. The van der Waals surface area contributed by atoms with E-state index >= 15 is 0 Å². The van der Waals surface area contributed by atoms with Crippen LogP contribution in [0.3, 0.4) is 0 Å². The molecule has 4 aliphatic rings. The molecule has 0 amide bonds. The summed E-state index contributed by atoms with van der Waals surface area (Å²) < 4.78 is 17.4. The molecule has 0 aliphatic heterocycles. The monoisotopic (exact) mass is 678 g/mol. The molecule has 3 fully saturated rings. The van der Waals surface area contributed by atoms with Crippen molar-refractivity contribution in [2.45, 2.75) is 118 Å². The van der Waals surface area contributed by atoms with Gasteiger partial charge in [-0.2, -0.15) is 0 Å². The van der Waals surface area contributed by atoms with Crippen LogP contribution in [0.15, 0.2) is 75.5 Å². The van der Waals surface area contributed by atoms with Crippen LogP contribution in [0.5, 0.6) is 5.75 Å². The molecule has 0 saturated heterocycles. The van der Waals surface area contributed by atoms with Gasteiger partial charge >= 0.3 is 11.6 Å². The molecule has 2 aromatic carbocycles. The summed E-state index contributed by atoms with van der Waals surface area (Å²) in [6, 6.07) is 16.7. The Labute approximate surface area is 299 Å². The van der Waals surface area contributed by atoms with Gasteiger partial charge in [-0.05, 0) is 121 Å². The summed E-state index contributed by atoms with van der Waals surface area (Å²) in [6.07, 6.45) is 17.6. The summed E-state index contributed by atoms with van der Waals surface area (Å²) in [7, 11) is 0. The van der Waals surface area contributed by atoms with Gasteiger partial charge in [0.1, 0.15) is 17.4 Å². The van der Waals surface area contributed by atoms with Gasteiger partial charge in [0.15, 0.2) is 6.61 Å². The maximum absolute atomic E-state index is 13.0. The zero-order valence-electron chi connectivity index (χ0n) is 31.0. The SMILES string of the molecule is CC(C)CCC[C@@H](C)[C@H]1CC[C@@H]2[C@@H]3CC=C4C[C@H](OC(=O)COc5ccc6c(-c7ccccc7)cc(=O)oc6c5)CC[C@]4(C)[C@@H]3CC[C@]2(C)C1. The maximum atomic E-state index is 13.0. The second-order valence-electron chi connectivity index (χ2n) is 17.4. The van der Waals surface area contributed by atoms with Crippen molar-refractivity contribution in [3.05, 3.63) is 76.7 Å². The molecule has 0 radical (unpaired) electrons. The fourth-order valence-electron chi connectivity index (χ4n) is 11.1. The fraction of sp³-hybridized carbons (Fsp3) is 0.600. The van der Waals surface area contributed by atoms with Gasteiger partial charge in [0.05, 0.1) is 0 Å². The zero-order valence-corrected chi connectivity index (χ0v) is 31.0. The Kier molecular flexibility index (Phi) is 10.1. The van der Waals surface area contributed by atoms with Crippen molar-refractivity contribution >= 4 is 16.9 Å². The molecule has 0 bridgehead atoms. The number of benzene rings is 2. The Balaban J connectivity index is 0.945. The third-order valence-corrected chi connectivity index (χ3v) is 13.9. The summed E-state index contributed by atoms with van der Waals surface area (Å²) in [6.45, 7) is 12.3. The van der Waals surface area contributed by atoms with Crippen molar-refractivity contribution in [1.29, 1.82) is 0 Å². The summed E-state index contributed by atoms with van der Waals surface area (Å²) >= 11 is 0. The number of ether oxygens (including phenoxy) is 2. The van der Waals surface area contributed by atoms with E-state index in [1.54, 1.807) is 6.07 Å². The summed E-state index contributed by atoms with van der Waals surface area (Å²) in [5.74, 6) is 5.07. The number of rotatable bonds is 10. The van der Waals surface area contributed by atoms with Crippen LogP contribution in [0, 0.1) is 46.3 Å². The largest absolute Gasteiger partial charge is 0.482 e. The molecule has 5 heteroatoms. The van der Waals surface area contributed by atoms with Crippen molar-refractivity contribution in [3.8, 4) is 16.9 Å². The van der Waals surface area contributed by atoms with Crippen LogP contribution in [0.4, 0.5) is 0 Å². The Hall–Kier alpha value is -3.34. The van der Waals surface area contributed by atoms with Gasteiger partial charge < -0.3 is 13.9 Å². The maximum Gasteiger partial charge on any atom is 0.344 e. The molecule has 5 nitrogen and oxygen atoms in total. The molecule has 0 N–H and O–H groups in total. The van der Waals surface area contributed by atoms with E-state index in [1.807, 2.05) is 42.5 Å². The molecule has 3 saturated carbocycles. The van der Waals surface area contributed by atoms with Crippen LogP contribution in [0.1, 0.15) is 112 Å². The highest BCUT2D eigenvalue weighted by atomic mass is 16.6. The Bertz CT molecular complexity index is 1750. The van der Waals surface area contributed by atoms with E-state index in [0.717, 1.165) is 71.3 Å². The second kappa shape index (κ2) is 14.4. The zero-order chi connectivity index (χ0) is 35.0. The second-order valence-corrected chi connectivity index (χ2v) is 17.4. The molecule has 1 heterocycles. The van der Waals surface area contributed by atoms with Crippen molar-refractivity contribution in [2.75, 3.05) is 6.61 Å². The lowest BCUT2D eigenvalue weighted by Crippen LogP contribution is -2.52. The van der Waals surface area contributed by atoms with Crippen molar-refractivity contribution < 1.29 is 18.7 Å². The molecule has 1 aromatic heterocycles. The predicted molar refractivity (Wildman–Crippen MR) is 201 cm³/mol. The third-order valence-electron chi connectivity index (χ3n) is 13.9. The van der Waals surface area contributed by atoms with Gasteiger partial charge in [0.25, 0.3) is 0 Å². The lowest BCUT2D eigenvalue weighted by molar-refractivity contribution is -0.154. The van der Waals surface area contributed by atoms with Gasteiger partial charge in [-0.1, -0.05) is 95.9 Å². The van der Waals surface area contributed by atoms with E-state index < -0.39 is 5.63 Å².